The average Bonchev–Trinajstić information content (AvgIpc) is 3.29. The smallest absolute Gasteiger partial charge is 0.234 e. The number of carbonyl (C=O) groups is 2. The van der Waals surface area contributed by atoms with Crippen molar-refractivity contribution in [2.45, 2.75) is 35.5 Å². The van der Waals surface area contributed by atoms with Crippen molar-refractivity contribution < 1.29 is 14.1 Å². The molecule has 0 unspecified atom stereocenters. The Bertz CT molecular complexity index is 1240. The van der Waals surface area contributed by atoms with Crippen LogP contribution in [0, 0.1) is 0 Å². The Morgan fingerprint density at radius 3 is 2.71 bits per heavy atom. The summed E-state index contributed by atoms with van der Waals surface area (Å²) in [5.41, 5.74) is 3.81. The minimum atomic E-state index is -0.286. The molecule has 2 aromatic rings. The molecule has 0 spiro atoms. The first-order valence-corrected chi connectivity index (χ1v) is 13.5. The molecule has 0 aromatic heterocycles. The van der Waals surface area contributed by atoms with Gasteiger partial charge in [-0.05, 0) is 54.5 Å². The van der Waals surface area contributed by atoms with Crippen molar-refractivity contribution >= 4 is 52.8 Å². The van der Waals surface area contributed by atoms with Crippen molar-refractivity contribution in [2.75, 3.05) is 23.9 Å². The van der Waals surface area contributed by atoms with Crippen LogP contribution in [0.2, 0.25) is 0 Å². The molecule has 0 saturated heterocycles. The Morgan fingerprint density at radius 2 is 1.97 bits per heavy atom. The van der Waals surface area contributed by atoms with Gasteiger partial charge in [-0.2, -0.15) is 0 Å². The van der Waals surface area contributed by atoms with Crippen LogP contribution in [0.3, 0.4) is 0 Å². The van der Waals surface area contributed by atoms with E-state index in [1.807, 2.05) is 60.7 Å². The predicted octanol–water partition coefficient (Wildman–Crippen LogP) is 6.41. The van der Waals surface area contributed by atoms with Crippen molar-refractivity contribution in [2.24, 2.45) is 0 Å². The number of alkyl halides is 1. The number of anilines is 1. The van der Waals surface area contributed by atoms with Gasteiger partial charge in [0.2, 0.25) is 11.7 Å². The van der Waals surface area contributed by atoms with E-state index in [4.69, 9.17) is 11.6 Å². The fourth-order valence-corrected chi connectivity index (χ4v) is 5.80. The van der Waals surface area contributed by atoms with E-state index in [1.165, 1.54) is 11.8 Å². The van der Waals surface area contributed by atoms with Gasteiger partial charge in [-0.1, -0.05) is 49.9 Å². The lowest BCUT2D eigenvalue weighted by atomic mass is 9.83. The fourth-order valence-electron chi connectivity index (χ4n) is 4.40. The van der Waals surface area contributed by atoms with Gasteiger partial charge in [0.15, 0.2) is 0 Å². The molecule has 0 saturated carbocycles. The highest BCUT2D eigenvalue weighted by molar-refractivity contribution is 8.04. The number of hydrogen-bond acceptors (Lipinski definition) is 6. The summed E-state index contributed by atoms with van der Waals surface area (Å²) in [4.78, 5) is 28.9. The number of Topliss-reactive ketones (excluding diaryl/α,β-unsaturated/α-hetero) is 1. The van der Waals surface area contributed by atoms with Gasteiger partial charge in [0, 0.05) is 57.3 Å². The predicted molar refractivity (Wildman–Crippen MR) is 146 cm³/mol. The Hall–Kier alpha value is -2.45. The van der Waals surface area contributed by atoms with Gasteiger partial charge in [0.1, 0.15) is 5.88 Å². The van der Waals surface area contributed by atoms with Crippen molar-refractivity contribution in [3.05, 3.63) is 88.5 Å². The minimum Gasteiger partial charge on any atom is -0.355 e. The molecule has 2 heterocycles. The van der Waals surface area contributed by atoms with Crippen LogP contribution in [-0.4, -0.2) is 35.2 Å². The number of ketones is 1. The zero-order chi connectivity index (χ0) is 25.0. The largest absolute Gasteiger partial charge is 0.355 e. The maximum atomic E-state index is 12.6. The SMILES string of the molecule is CC1(C)\C(=C/C=C/C=C2\Sc3ccccc3C2=O)N(CCCNC(=O)CCl)c2ccc(SO)cc21. The minimum absolute atomic E-state index is 0.0431. The summed E-state index contributed by atoms with van der Waals surface area (Å²) in [6, 6.07) is 13.6. The molecular formula is C27H27ClN2O3S2. The molecule has 2 aliphatic rings. The van der Waals surface area contributed by atoms with Crippen LogP contribution in [0.4, 0.5) is 5.69 Å². The van der Waals surface area contributed by atoms with E-state index < -0.39 is 0 Å². The molecule has 2 N–H and O–H groups in total. The highest BCUT2D eigenvalue weighted by Gasteiger charge is 2.39. The number of halogens is 1. The zero-order valence-electron chi connectivity index (χ0n) is 19.6. The summed E-state index contributed by atoms with van der Waals surface area (Å²) in [6.07, 6.45) is 8.58. The molecule has 0 radical (unpaired) electrons. The number of hydrogen-bond donors (Lipinski definition) is 2. The van der Waals surface area contributed by atoms with Gasteiger partial charge in [0.05, 0.1) is 4.91 Å². The zero-order valence-corrected chi connectivity index (χ0v) is 22.0. The Labute approximate surface area is 219 Å². The monoisotopic (exact) mass is 526 g/mol. The molecule has 1 amide bonds. The van der Waals surface area contributed by atoms with E-state index in [0.29, 0.717) is 11.4 Å². The van der Waals surface area contributed by atoms with Crippen molar-refractivity contribution in [3.8, 4) is 0 Å². The van der Waals surface area contributed by atoms with E-state index in [9.17, 15) is 14.1 Å². The molecule has 4 rings (SSSR count). The van der Waals surface area contributed by atoms with Gasteiger partial charge in [0.25, 0.3) is 0 Å². The molecule has 35 heavy (non-hydrogen) atoms. The summed E-state index contributed by atoms with van der Waals surface area (Å²) in [6.45, 7) is 5.59. The Kier molecular flexibility index (Phi) is 8.12. The number of nitrogens with zero attached hydrogens (tertiary/aromatic N) is 1. The normalized spacial score (nSPS) is 18.5. The van der Waals surface area contributed by atoms with Gasteiger partial charge in [-0.15, -0.1) is 11.6 Å². The molecule has 2 aliphatic heterocycles. The molecule has 2 aromatic carbocycles. The van der Waals surface area contributed by atoms with Crippen LogP contribution in [0.25, 0.3) is 0 Å². The van der Waals surface area contributed by atoms with Crippen LogP contribution >= 0.6 is 35.4 Å². The average molecular weight is 527 g/mol. The number of thioether (sulfide) groups is 1. The van der Waals surface area contributed by atoms with Gasteiger partial charge in [-0.25, -0.2) is 0 Å². The number of benzene rings is 2. The number of rotatable bonds is 8. The second-order valence-corrected chi connectivity index (χ2v) is 10.8. The molecule has 5 nitrogen and oxygen atoms in total. The summed E-state index contributed by atoms with van der Waals surface area (Å²) in [5, 5.41) is 2.82. The molecular weight excluding hydrogens is 500 g/mol. The van der Waals surface area contributed by atoms with Crippen LogP contribution < -0.4 is 10.2 Å². The third-order valence-electron chi connectivity index (χ3n) is 6.16. The summed E-state index contributed by atoms with van der Waals surface area (Å²) >= 11 is 7.82. The lowest BCUT2D eigenvalue weighted by Crippen LogP contribution is -2.31. The fraction of sp³-hybridized carbons (Fsp3) is 0.259. The van der Waals surface area contributed by atoms with Gasteiger partial charge >= 0.3 is 0 Å². The second kappa shape index (κ2) is 11.1. The standard InChI is InChI=1S/C27H27ClN2O3S2/c1-27(2)20-16-18(35-33)12-13-21(20)30(15-7-14-29-25(31)17-28)24(27)11-6-5-10-23-26(32)19-8-3-4-9-22(19)34-23/h3-6,8-13,16,33H,7,14-15,17H2,1-2H3,(H,29,31)/b6-5+,23-10-,24-11+. The lowest BCUT2D eigenvalue weighted by Gasteiger charge is -2.27. The third kappa shape index (κ3) is 5.38. The van der Waals surface area contributed by atoms with Gasteiger partial charge < -0.3 is 14.8 Å². The lowest BCUT2D eigenvalue weighted by molar-refractivity contribution is -0.118. The van der Waals surface area contributed by atoms with E-state index in [-0.39, 0.29) is 23.0 Å². The van der Waals surface area contributed by atoms with Crippen molar-refractivity contribution in [1.29, 1.82) is 0 Å². The molecule has 0 atom stereocenters. The molecule has 8 heteroatoms. The van der Waals surface area contributed by atoms with Crippen molar-refractivity contribution in [3.63, 3.8) is 0 Å². The topological polar surface area (TPSA) is 69.6 Å². The molecule has 0 aliphatic carbocycles. The highest BCUT2D eigenvalue weighted by Crippen LogP contribution is 2.48. The van der Waals surface area contributed by atoms with E-state index in [2.05, 4.69) is 30.1 Å². The van der Waals surface area contributed by atoms with E-state index >= 15 is 0 Å². The second-order valence-electron chi connectivity index (χ2n) is 8.78. The summed E-state index contributed by atoms with van der Waals surface area (Å²) in [7, 11) is 0. The van der Waals surface area contributed by atoms with Crippen LogP contribution in [-0.2, 0) is 10.2 Å². The number of carbonyl (C=O) groups excluding carboxylic acids is 2. The Balaban J connectivity index is 1.57. The quantitative estimate of drug-likeness (QED) is 0.179. The summed E-state index contributed by atoms with van der Waals surface area (Å²) in [5.74, 6) is -0.156. The van der Waals surface area contributed by atoms with Crippen LogP contribution in [0.5, 0.6) is 0 Å². The van der Waals surface area contributed by atoms with Crippen LogP contribution in [0.15, 0.2) is 87.2 Å². The summed E-state index contributed by atoms with van der Waals surface area (Å²) < 4.78 is 9.57. The molecule has 182 valence electrons. The van der Waals surface area contributed by atoms with Crippen molar-refractivity contribution in [1.82, 2.24) is 5.32 Å². The first-order valence-electron chi connectivity index (χ1n) is 11.3. The number of nitrogens with one attached hydrogen (secondary N) is 1. The van der Waals surface area contributed by atoms with Gasteiger partial charge in [-0.3, -0.25) is 9.59 Å². The Morgan fingerprint density at radius 1 is 1.20 bits per heavy atom. The maximum Gasteiger partial charge on any atom is 0.234 e. The van der Waals surface area contributed by atoms with Crippen LogP contribution in [0.1, 0.15) is 36.2 Å². The maximum absolute atomic E-state index is 12.6. The van der Waals surface area contributed by atoms with E-state index in [0.717, 1.165) is 57.3 Å². The number of fused-ring (bicyclic) bond motifs is 2. The molecule has 0 bridgehead atoms. The highest BCUT2D eigenvalue weighted by atomic mass is 35.5. The first-order chi connectivity index (χ1) is 16.9. The van der Waals surface area contributed by atoms with E-state index in [1.54, 1.807) is 0 Å². The third-order valence-corrected chi connectivity index (χ3v) is 7.98. The number of allylic oxidation sites excluding steroid dienone is 6. The first kappa shape index (κ1) is 25.6. The molecule has 0 fully saturated rings. The number of amides is 1.